The summed E-state index contributed by atoms with van der Waals surface area (Å²) in [6, 6.07) is 16.8. The highest BCUT2D eigenvalue weighted by molar-refractivity contribution is 7.07. The molecule has 0 saturated carbocycles. The minimum absolute atomic E-state index is 0.0624. The van der Waals surface area contributed by atoms with Crippen LogP contribution in [0.4, 0.5) is 22.4 Å². The van der Waals surface area contributed by atoms with Gasteiger partial charge in [-0.2, -0.15) is 4.99 Å². The number of allylic oxidation sites excluding steroid dienone is 2. The first kappa shape index (κ1) is 32.4. The Balaban J connectivity index is 1.31. The summed E-state index contributed by atoms with van der Waals surface area (Å²) < 4.78 is 58.5. The molecular weight excluding hydrogens is 620 g/mol. The molecule has 2 aromatic heterocycles. The molecule has 0 aliphatic heterocycles. The second kappa shape index (κ2) is 13.1. The Morgan fingerprint density at radius 1 is 1.02 bits per heavy atom. The number of rotatable bonds is 7. The van der Waals surface area contributed by atoms with Crippen LogP contribution in [-0.2, 0) is 0 Å². The van der Waals surface area contributed by atoms with Gasteiger partial charge in [0.1, 0.15) is 17.9 Å². The lowest BCUT2D eigenvalue weighted by Crippen LogP contribution is -2.24. The molecule has 0 radical (unpaired) electrons. The van der Waals surface area contributed by atoms with Crippen LogP contribution in [0, 0.1) is 12.7 Å². The molecule has 1 N–H and O–H groups in total. The van der Waals surface area contributed by atoms with Gasteiger partial charge in [-0.25, -0.2) is 18.9 Å². The Bertz CT molecular complexity index is 1970. The summed E-state index contributed by atoms with van der Waals surface area (Å²) in [5, 5.41) is 9.19. The van der Waals surface area contributed by atoms with Gasteiger partial charge in [0.15, 0.2) is 10.6 Å². The smallest absolute Gasteiger partial charge is 0.406 e. The van der Waals surface area contributed by atoms with Crippen molar-refractivity contribution >= 4 is 22.9 Å². The van der Waals surface area contributed by atoms with E-state index in [2.05, 4.69) is 25.1 Å². The van der Waals surface area contributed by atoms with Crippen LogP contribution in [0.25, 0.3) is 28.3 Å². The number of hydrogen-bond donors (Lipinski definition) is 1. The van der Waals surface area contributed by atoms with Crippen LogP contribution in [0.3, 0.4) is 0 Å². The molecule has 0 aliphatic carbocycles. The van der Waals surface area contributed by atoms with Gasteiger partial charge < -0.3 is 10.1 Å². The number of amides is 2. The van der Waals surface area contributed by atoms with Crippen molar-refractivity contribution in [3.8, 4) is 28.5 Å². The molecule has 2 amide bonds. The van der Waals surface area contributed by atoms with Crippen LogP contribution in [0.5, 0.6) is 5.75 Å². The average molecular weight is 651 g/mol. The van der Waals surface area contributed by atoms with Crippen molar-refractivity contribution < 1.29 is 27.1 Å². The van der Waals surface area contributed by atoms with E-state index >= 15 is 0 Å². The quantitative estimate of drug-likeness (QED) is 0.180. The maximum absolute atomic E-state index is 14.0. The number of carbonyl (C=O) groups excluding carboxylic acids is 1. The van der Waals surface area contributed by atoms with Crippen molar-refractivity contribution in [2.75, 3.05) is 0 Å². The van der Waals surface area contributed by atoms with Gasteiger partial charge >= 0.3 is 12.4 Å². The zero-order chi connectivity index (χ0) is 33.2. The molecule has 8 nitrogen and oxygen atoms in total. The van der Waals surface area contributed by atoms with Crippen LogP contribution >= 0.6 is 11.3 Å². The summed E-state index contributed by atoms with van der Waals surface area (Å²) in [7, 11) is 0. The fraction of sp³-hybridized carbons (Fsp3) is 0.212. The third-order valence-electron chi connectivity index (χ3n) is 7.19. The highest BCUT2D eigenvalue weighted by Gasteiger charge is 2.31. The number of halogens is 4. The van der Waals surface area contributed by atoms with Crippen LogP contribution in [0.2, 0.25) is 0 Å². The molecule has 3 aromatic carbocycles. The summed E-state index contributed by atoms with van der Waals surface area (Å²) in [6.07, 6.45) is -3.30. The normalized spacial score (nSPS) is 12.8. The Labute approximate surface area is 266 Å². The van der Waals surface area contributed by atoms with Gasteiger partial charge in [-0.3, -0.25) is 4.57 Å². The fourth-order valence-corrected chi connectivity index (χ4v) is 5.59. The number of thiazole rings is 1. The maximum atomic E-state index is 14.0. The molecule has 5 aromatic rings. The number of benzene rings is 3. The number of aromatic nitrogens is 4. The molecular formula is C33H30F4N6O2S. The monoisotopic (exact) mass is 650 g/mol. The van der Waals surface area contributed by atoms with E-state index in [9.17, 15) is 22.4 Å². The number of aryl methyl sites for hydroxylation is 1. The fourth-order valence-electron chi connectivity index (χ4n) is 4.73. The van der Waals surface area contributed by atoms with E-state index in [4.69, 9.17) is 0 Å². The molecule has 2 heterocycles. The summed E-state index contributed by atoms with van der Waals surface area (Å²) in [5.74, 6) is -0.160. The third kappa shape index (κ3) is 7.42. The van der Waals surface area contributed by atoms with E-state index in [1.165, 1.54) is 58.7 Å². The zero-order valence-corrected chi connectivity index (χ0v) is 26.4. The van der Waals surface area contributed by atoms with Gasteiger partial charge in [-0.15, -0.1) is 29.6 Å². The zero-order valence-electron chi connectivity index (χ0n) is 25.6. The molecule has 13 heteroatoms. The highest BCUT2D eigenvalue weighted by atomic mass is 32.1. The lowest BCUT2D eigenvalue weighted by molar-refractivity contribution is -0.274. The number of alkyl halides is 3. The molecule has 0 saturated heterocycles. The van der Waals surface area contributed by atoms with Gasteiger partial charge in [-0.1, -0.05) is 38.1 Å². The van der Waals surface area contributed by atoms with Crippen molar-refractivity contribution in [1.82, 2.24) is 24.6 Å². The molecule has 0 unspecified atom stereocenters. The molecule has 0 bridgehead atoms. The standard InChI is InChI=1S/C33H30F4N6O2S/c1-19(2)28-16-25(34)10-15-29(28)43-20(3)17-46-32(43)40-31(44)39-22(5)21(4)23-6-8-24(9-7-23)30-38-18-42(41-30)26-11-13-27(14-12-26)45-33(35,36)37/h6-19H,1-5H3,(H,39,44)/b22-21+,40-32?. The predicted molar refractivity (Wildman–Crippen MR) is 168 cm³/mol. The van der Waals surface area contributed by atoms with Crippen LogP contribution in [0.1, 0.15) is 50.4 Å². The van der Waals surface area contributed by atoms with Crippen molar-refractivity contribution in [2.24, 2.45) is 4.99 Å². The SMILES string of the molecule is C/C(NC(=O)N=c1scc(C)n1-c1ccc(F)cc1C(C)C)=C(/C)c1ccc(-c2ncn(-c3ccc(OC(F)(F)F)cc3)n2)cc1. The Hall–Kier alpha value is -5.04. The maximum Gasteiger partial charge on any atom is 0.573 e. The Morgan fingerprint density at radius 3 is 2.37 bits per heavy atom. The number of hydrogen-bond acceptors (Lipinski definition) is 5. The van der Waals surface area contributed by atoms with Gasteiger partial charge in [0.2, 0.25) is 0 Å². The van der Waals surface area contributed by atoms with E-state index in [0.29, 0.717) is 22.0 Å². The lowest BCUT2D eigenvalue weighted by atomic mass is 10.0. The first-order valence-corrected chi connectivity index (χ1v) is 15.1. The largest absolute Gasteiger partial charge is 0.573 e. The van der Waals surface area contributed by atoms with Crippen molar-refractivity contribution in [2.45, 2.75) is 46.9 Å². The van der Waals surface area contributed by atoms with Crippen molar-refractivity contribution in [1.29, 1.82) is 0 Å². The number of carbonyl (C=O) groups is 1. The van der Waals surface area contributed by atoms with Crippen LogP contribution in [0.15, 0.2) is 89.1 Å². The summed E-state index contributed by atoms with van der Waals surface area (Å²) >= 11 is 1.32. The molecule has 0 spiro atoms. The van der Waals surface area contributed by atoms with E-state index in [0.717, 1.165) is 33.6 Å². The number of nitrogens with zero attached hydrogens (tertiary/aromatic N) is 5. The van der Waals surface area contributed by atoms with Crippen LogP contribution in [-0.4, -0.2) is 31.7 Å². The third-order valence-corrected chi connectivity index (χ3v) is 8.13. The number of ether oxygens (including phenoxy) is 1. The van der Waals surface area contributed by atoms with Gasteiger partial charge in [0.25, 0.3) is 0 Å². The van der Waals surface area contributed by atoms with E-state index < -0.39 is 12.4 Å². The number of nitrogens with one attached hydrogen (secondary N) is 1. The molecule has 46 heavy (non-hydrogen) atoms. The molecule has 0 atom stereocenters. The van der Waals surface area contributed by atoms with Gasteiger partial charge in [0.05, 0.1) is 11.4 Å². The minimum Gasteiger partial charge on any atom is -0.406 e. The summed E-state index contributed by atoms with van der Waals surface area (Å²) in [5.41, 5.74) is 6.01. The first-order valence-electron chi connectivity index (χ1n) is 14.2. The molecule has 0 fully saturated rings. The second-order valence-corrected chi connectivity index (χ2v) is 11.6. The van der Waals surface area contributed by atoms with Gasteiger partial charge in [0, 0.05) is 22.3 Å². The van der Waals surface area contributed by atoms with E-state index in [1.807, 2.05) is 61.9 Å². The topological polar surface area (TPSA) is 86.3 Å². The molecule has 238 valence electrons. The van der Waals surface area contributed by atoms with Gasteiger partial charge in [-0.05, 0) is 85.9 Å². The predicted octanol–water partition coefficient (Wildman–Crippen LogP) is 8.32. The van der Waals surface area contributed by atoms with E-state index in [-0.39, 0.29) is 17.5 Å². The van der Waals surface area contributed by atoms with Crippen LogP contribution < -0.4 is 14.9 Å². The van der Waals surface area contributed by atoms with Crippen molar-refractivity contribution in [3.63, 3.8) is 0 Å². The highest BCUT2D eigenvalue weighted by Crippen LogP contribution is 2.26. The lowest BCUT2D eigenvalue weighted by Gasteiger charge is -2.15. The second-order valence-electron chi connectivity index (χ2n) is 10.8. The average Bonchev–Trinajstić information content (AvgIpc) is 3.63. The Morgan fingerprint density at radius 2 is 1.72 bits per heavy atom. The summed E-state index contributed by atoms with van der Waals surface area (Å²) in [6.45, 7) is 9.55. The number of urea groups is 1. The Kier molecular flexibility index (Phi) is 9.24. The van der Waals surface area contributed by atoms with Crippen molar-refractivity contribution in [3.05, 3.63) is 112 Å². The van der Waals surface area contributed by atoms with E-state index in [1.54, 1.807) is 13.0 Å². The first-order chi connectivity index (χ1) is 21.8. The molecule has 5 rings (SSSR count). The molecule has 0 aliphatic rings. The summed E-state index contributed by atoms with van der Waals surface area (Å²) in [4.78, 5) is 22.1. The minimum atomic E-state index is -4.77.